The molecule has 0 aliphatic carbocycles. The highest BCUT2D eigenvalue weighted by Crippen LogP contribution is 2.26. The number of phenols is 1. The van der Waals surface area contributed by atoms with E-state index >= 15 is 0 Å². The first-order chi connectivity index (χ1) is 9.32. The maximum absolute atomic E-state index is 12.1. The van der Waals surface area contributed by atoms with Gasteiger partial charge in [-0.25, -0.2) is 0 Å². The van der Waals surface area contributed by atoms with Crippen LogP contribution in [0.15, 0.2) is 28.2 Å². The maximum Gasteiger partial charge on any atom is 0.265 e. The van der Waals surface area contributed by atoms with Gasteiger partial charge in [0.1, 0.15) is 11.3 Å². The smallest absolute Gasteiger partial charge is 0.265 e. The summed E-state index contributed by atoms with van der Waals surface area (Å²) in [4.78, 5) is 26.7. The van der Waals surface area contributed by atoms with Crippen molar-refractivity contribution in [2.24, 2.45) is 0 Å². The zero-order valence-corrected chi connectivity index (χ0v) is 13.2. The number of nitrogens with zero attached hydrogens (tertiary/aromatic N) is 2. The van der Waals surface area contributed by atoms with Crippen LogP contribution in [0.3, 0.4) is 0 Å². The highest BCUT2D eigenvalue weighted by atomic mass is 79.9. The van der Waals surface area contributed by atoms with Crippen molar-refractivity contribution in [1.82, 2.24) is 9.80 Å². The Kier molecular flexibility index (Phi) is 3.92. The average molecular weight is 355 g/mol. The summed E-state index contributed by atoms with van der Waals surface area (Å²) in [6, 6.07) is 4.71. The molecule has 0 spiro atoms. The van der Waals surface area contributed by atoms with Gasteiger partial charge in [-0.1, -0.05) is 6.07 Å². The Morgan fingerprint density at radius 2 is 1.75 bits per heavy atom. The molecule has 1 aliphatic rings. The van der Waals surface area contributed by atoms with Crippen LogP contribution in [0, 0.1) is 0 Å². The van der Waals surface area contributed by atoms with Crippen LogP contribution in [0.25, 0.3) is 6.08 Å². The first kappa shape index (κ1) is 14.7. The standard InChI is InChI=1S/C13H11BrN2O3S/c1-15-11(18)8(12(19)16(2)13(15)20)5-7-3-4-10(17)9(14)6-7/h3-6,17H,1-2H3. The molecule has 1 aliphatic heterocycles. The normalized spacial score (nSPS) is 15.9. The Bertz CT molecular complexity index is 631. The Balaban J connectivity index is 2.46. The van der Waals surface area contributed by atoms with Crippen molar-refractivity contribution in [1.29, 1.82) is 0 Å². The minimum atomic E-state index is -0.442. The van der Waals surface area contributed by atoms with E-state index in [1.807, 2.05) is 0 Å². The van der Waals surface area contributed by atoms with Gasteiger partial charge in [-0.3, -0.25) is 19.4 Å². The van der Waals surface area contributed by atoms with Crippen LogP contribution in [-0.4, -0.2) is 45.9 Å². The molecule has 104 valence electrons. The number of carbonyl (C=O) groups excluding carboxylic acids is 2. The molecule has 1 aromatic rings. The van der Waals surface area contributed by atoms with Crippen LogP contribution in [0.4, 0.5) is 0 Å². The van der Waals surface area contributed by atoms with Crippen molar-refractivity contribution >= 4 is 51.2 Å². The van der Waals surface area contributed by atoms with Crippen LogP contribution in [0.5, 0.6) is 5.75 Å². The monoisotopic (exact) mass is 354 g/mol. The van der Waals surface area contributed by atoms with Crippen molar-refractivity contribution < 1.29 is 14.7 Å². The van der Waals surface area contributed by atoms with E-state index in [1.54, 1.807) is 12.1 Å². The molecule has 2 amide bonds. The summed E-state index contributed by atoms with van der Waals surface area (Å²) in [6.07, 6.45) is 1.48. The zero-order valence-electron chi connectivity index (χ0n) is 10.8. The van der Waals surface area contributed by atoms with Crippen molar-refractivity contribution in [2.75, 3.05) is 14.1 Å². The van der Waals surface area contributed by atoms with Gasteiger partial charge in [0, 0.05) is 14.1 Å². The molecule has 0 aromatic heterocycles. The minimum absolute atomic E-state index is 0.0289. The largest absolute Gasteiger partial charge is 0.507 e. The fourth-order valence-corrected chi connectivity index (χ4v) is 2.32. The van der Waals surface area contributed by atoms with E-state index in [1.165, 1.54) is 36.0 Å². The molecule has 20 heavy (non-hydrogen) atoms. The molecular weight excluding hydrogens is 344 g/mol. The molecule has 0 unspecified atom stereocenters. The van der Waals surface area contributed by atoms with Gasteiger partial charge in [0.05, 0.1) is 4.47 Å². The van der Waals surface area contributed by atoms with Gasteiger partial charge in [0.25, 0.3) is 11.8 Å². The van der Waals surface area contributed by atoms with Crippen LogP contribution < -0.4 is 0 Å². The summed E-state index contributed by atoms with van der Waals surface area (Å²) < 4.78 is 0.486. The van der Waals surface area contributed by atoms with Gasteiger partial charge in [-0.15, -0.1) is 0 Å². The number of hydrogen-bond donors (Lipinski definition) is 1. The average Bonchev–Trinajstić information content (AvgIpc) is 2.43. The Morgan fingerprint density at radius 1 is 1.20 bits per heavy atom. The second-order valence-electron chi connectivity index (χ2n) is 4.28. The minimum Gasteiger partial charge on any atom is -0.507 e. The molecule has 1 saturated heterocycles. The number of carbonyl (C=O) groups is 2. The maximum atomic E-state index is 12.1. The fraction of sp³-hybridized carbons (Fsp3) is 0.154. The Labute approximate surface area is 129 Å². The second-order valence-corrected chi connectivity index (χ2v) is 5.50. The first-order valence-electron chi connectivity index (χ1n) is 5.63. The number of benzene rings is 1. The van der Waals surface area contributed by atoms with E-state index < -0.39 is 11.8 Å². The Morgan fingerprint density at radius 3 is 2.25 bits per heavy atom. The summed E-state index contributed by atoms with van der Waals surface area (Å²) >= 11 is 8.19. The third-order valence-electron chi connectivity index (χ3n) is 2.93. The molecule has 0 saturated carbocycles. The number of rotatable bonds is 1. The summed E-state index contributed by atoms with van der Waals surface area (Å²) in [5, 5.41) is 9.61. The molecule has 7 heteroatoms. The van der Waals surface area contributed by atoms with Crippen molar-refractivity contribution in [3.05, 3.63) is 33.8 Å². The van der Waals surface area contributed by atoms with Gasteiger partial charge in [0.2, 0.25) is 0 Å². The van der Waals surface area contributed by atoms with Gasteiger partial charge >= 0.3 is 0 Å². The van der Waals surface area contributed by atoms with Gasteiger partial charge in [-0.2, -0.15) is 0 Å². The predicted octanol–water partition coefficient (Wildman–Crippen LogP) is 1.75. The molecule has 0 atom stereocenters. The lowest BCUT2D eigenvalue weighted by Gasteiger charge is -2.31. The molecule has 1 heterocycles. The van der Waals surface area contributed by atoms with Crippen LogP contribution in [0.2, 0.25) is 0 Å². The van der Waals surface area contributed by atoms with E-state index in [0.717, 1.165) is 0 Å². The highest BCUT2D eigenvalue weighted by Gasteiger charge is 2.35. The quantitative estimate of drug-likeness (QED) is 0.474. The number of hydrogen-bond acceptors (Lipinski definition) is 4. The SMILES string of the molecule is CN1C(=O)C(=Cc2ccc(O)c(Br)c2)C(=O)N(C)C1=S. The van der Waals surface area contributed by atoms with E-state index in [9.17, 15) is 14.7 Å². The summed E-state index contributed by atoms with van der Waals surface area (Å²) in [5.74, 6) is -0.798. The van der Waals surface area contributed by atoms with Crippen molar-refractivity contribution in [3.8, 4) is 5.75 Å². The van der Waals surface area contributed by atoms with Crippen molar-refractivity contribution in [3.63, 3.8) is 0 Å². The second kappa shape index (κ2) is 5.34. The summed E-state index contributed by atoms with van der Waals surface area (Å²) in [5.41, 5.74) is 0.655. The number of phenolic OH excluding ortho intramolecular Hbond substituents is 1. The summed E-state index contributed by atoms with van der Waals surface area (Å²) in [6.45, 7) is 0. The molecule has 0 bridgehead atoms. The molecule has 5 nitrogen and oxygen atoms in total. The van der Waals surface area contributed by atoms with E-state index in [-0.39, 0.29) is 16.4 Å². The summed E-state index contributed by atoms with van der Waals surface area (Å²) in [7, 11) is 3.04. The van der Waals surface area contributed by atoms with E-state index in [2.05, 4.69) is 15.9 Å². The first-order valence-corrected chi connectivity index (χ1v) is 6.83. The van der Waals surface area contributed by atoms with Crippen LogP contribution in [-0.2, 0) is 9.59 Å². The van der Waals surface area contributed by atoms with Gasteiger partial charge < -0.3 is 5.11 Å². The molecule has 2 rings (SSSR count). The van der Waals surface area contributed by atoms with Gasteiger partial charge in [0.15, 0.2) is 5.11 Å². The molecule has 1 aromatic carbocycles. The third-order valence-corrected chi connectivity index (χ3v) is 4.11. The highest BCUT2D eigenvalue weighted by molar-refractivity contribution is 9.10. The molecule has 1 N–H and O–H groups in total. The predicted molar refractivity (Wildman–Crippen MR) is 81.9 cm³/mol. The fourth-order valence-electron chi connectivity index (χ4n) is 1.75. The van der Waals surface area contributed by atoms with Crippen LogP contribution >= 0.6 is 28.1 Å². The number of thiocarbonyl (C=S) groups is 1. The number of aromatic hydroxyl groups is 1. The molecular formula is C13H11BrN2O3S. The Hall–Kier alpha value is -1.73. The van der Waals surface area contributed by atoms with Crippen molar-refractivity contribution in [2.45, 2.75) is 0 Å². The number of halogens is 1. The lowest BCUT2D eigenvalue weighted by Crippen LogP contribution is -2.52. The zero-order chi connectivity index (χ0) is 15.0. The topological polar surface area (TPSA) is 60.9 Å². The number of amides is 2. The van der Waals surface area contributed by atoms with Gasteiger partial charge in [-0.05, 0) is 51.9 Å². The lowest BCUT2D eigenvalue weighted by molar-refractivity contribution is -0.132. The molecule has 0 radical (unpaired) electrons. The van der Waals surface area contributed by atoms with Crippen LogP contribution in [0.1, 0.15) is 5.56 Å². The molecule has 1 fully saturated rings. The van der Waals surface area contributed by atoms with E-state index in [0.29, 0.717) is 10.0 Å². The lowest BCUT2D eigenvalue weighted by atomic mass is 10.1. The third kappa shape index (κ3) is 2.46. The number of likely N-dealkylation sites (N-methyl/N-ethyl adjacent to an activating group) is 2. The van der Waals surface area contributed by atoms with E-state index in [4.69, 9.17) is 12.2 Å².